The van der Waals surface area contributed by atoms with Gasteiger partial charge < -0.3 is 10.2 Å². The molecule has 3 rings (SSSR count). The fourth-order valence-electron chi connectivity index (χ4n) is 3.57. The van der Waals surface area contributed by atoms with Gasteiger partial charge in [-0.05, 0) is 75.8 Å². The number of rotatable bonds is 2. The normalized spacial score (nSPS) is 29.3. The summed E-state index contributed by atoms with van der Waals surface area (Å²) in [6.45, 7) is 3.69. The van der Waals surface area contributed by atoms with Crippen molar-refractivity contribution in [2.24, 2.45) is 0 Å². The van der Waals surface area contributed by atoms with Crippen molar-refractivity contribution >= 4 is 0 Å². The molecule has 0 radical (unpaired) electrons. The highest BCUT2D eigenvalue weighted by atomic mass is 15.1. The molecule has 1 aromatic carbocycles. The molecule has 2 saturated heterocycles. The zero-order valence-corrected chi connectivity index (χ0v) is 12.1. The van der Waals surface area contributed by atoms with E-state index in [1.165, 1.54) is 57.3 Å². The molecule has 19 heavy (non-hydrogen) atoms. The first-order valence-corrected chi connectivity index (χ1v) is 7.85. The molecule has 2 aliphatic rings. The number of hydrogen-bond donors (Lipinski definition) is 1. The van der Waals surface area contributed by atoms with Gasteiger partial charge in [0.1, 0.15) is 0 Å². The first-order valence-electron chi connectivity index (χ1n) is 7.85. The van der Waals surface area contributed by atoms with E-state index in [9.17, 15) is 0 Å². The maximum atomic E-state index is 3.61. The van der Waals surface area contributed by atoms with Crippen LogP contribution in [0.5, 0.6) is 0 Å². The summed E-state index contributed by atoms with van der Waals surface area (Å²) in [6.07, 6.45) is 6.64. The molecule has 2 nitrogen and oxygen atoms in total. The first-order chi connectivity index (χ1) is 9.33. The van der Waals surface area contributed by atoms with E-state index in [0.29, 0.717) is 6.04 Å². The molecule has 2 atom stereocenters. The minimum atomic E-state index is 0.605. The quantitative estimate of drug-likeness (QED) is 0.875. The number of nitrogens with zero attached hydrogens (tertiary/aromatic N) is 1. The summed E-state index contributed by atoms with van der Waals surface area (Å²) in [6, 6.07) is 9.98. The summed E-state index contributed by atoms with van der Waals surface area (Å²) >= 11 is 0. The van der Waals surface area contributed by atoms with Gasteiger partial charge >= 0.3 is 0 Å². The molecule has 0 bridgehead atoms. The summed E-state index contributed by atoms with van der Waals surface area (Å²) < 4.78 is 0. The molecule has 2 fully saturated rings. The smallest absolute Gasteiger partial charge is 0.0320 e. The fourth-order valence-corrected chi connectivity index (χ4v) is 3.57. The Bertz CT molecular complexity index is 409. The van der Waals surface area contributed by atoms with Crippen LogP contribution in [0.2, 0.25) is 0 Å². The van der Waals surface area contributed by atoms with E-state index in [2.05, 4.69) is 41.5 Å². The predicted molar refractivity (Wildman–Crippen MR) is 80.5 cm³/mol. The van der Waals surface area contributed by atoms with Crippen LogP contribution in [0, 0.1) is 0 Å². The molecule has 2 heterocycles. The fraction of sp³-hybridized carbons (Fsp3) is 0.647. The summed E-state index contributed by atoms with van der Waals surface area (Å²) in [5.74, 6) is 0.770. The van der Waals surface area contributed by atoms with Gasteiger partial charge in [0.15, 0.2) is 0 Å². The highest BCUT2D eigenvalue weighted by molar-refractivity contribution is 5.29. The van der Waals surface area contributed by atoms with Crippen molar-refractivity contribution in [2.75, 3.05) is 26.7 Å². The number of nitrogens with one attached hydrogen (secondary N) is 1. The van der Waals surface area contributed by atoms with Gasteiger partial charge in [0, 0.05) is 6.04 Å². The Kier molecular flexibility index (Phi) is 4.19. The minimum Gasteiger partial charge on any atom is -0.310 e. The van der Waals surface area contributed by atoms with Gasteiger partial charge in [-0.2, -0.15) is 0 Å². The molecule has 0 aliphatic carbocycles. The van der Waals surface area contributed by atoms with Crippen LogP contribution in [0.15, 0.2) is 24.3 Å². The lowest BCUT2D eigenvalue weighted by Gasteiger charge is -2.18. The maximum Gasteiger partial charge on any atom is 0.0320 e. The van der Waals surface area contributed by atoms with Crippen molar-refractivity contribution in [1.82, 2.24) is 10.2 Å². The molecule has 0 amide bonds. The SMILES string of the molecule is CN1CCCC(c2cccc(C3CCCN3)c2)CC1. The van der Waals surface area contributed by atoms with E-state index in [4.69, 9.17) is 0 Å². The van der Waals surface area contributed by atoms with Crippen molar-refractivity contribution in [3.63, 3.8) is 0 Å². The molecule has 2 heteroatoms. The van der Waals surface area contributed by atoms with Gasteiger partial charge in [-0.25, -0.2) is 0 Å². The largest absolute Gasteiger partial charge is 0.310 e. The molecular formula is C17H26N2. The summed E-state index contributed by atoms with van der Waals surface area (Å²) in [5, 5.41) is 3.61. The standard InChI is InChI=1S/C17H26N2/c1-19-11-4-7-14(9-12-19)15-5-2-6-16(13-15)17-8-3-10-18-17/h2,5-6,13-14,17-18H,3-4,7-12H2,1H3. The lowest BCUT2D eigenvalue weighted by Crippen LogP contribution is -2.18. The van der Waals surface area contributed by atoms with E-state index < -0.39 is 0 Å². The molecule has 0 aromatic heterocycles. The van der Waals surface area contributed by atoms with Crippen LogP contribution in [0.1, 0.15) is 55.2 Å². The Morgan fingerprint density at radius 2 is 1.95 bits per heavy atom. The van der Waals surface area contributed by atoms with E-state index in [0.717, 1.165) is 5.92 Å². The van der Waals surface area contributed by atoms with E-state index >= 15 is 0 Å². The Morgan fingerprint density at radius 3 is 2.79 bits per heavy atom. The lowest BCUT2D eigenvalue weighted by atomic mass is 9.90. The van der Waals surface area contributed by atoms with E-state index in [1.54, 1.807) is 5.56 Å². The second-order valence-corrected chi connectivity index (χ2v) is 6.25. The number of likely N-dealkylation sites (tertiary alicyclic amines) is 1. The summed E-state index contributed by atoms with van der Waals surface area (Å²) in [5.41, 5.74) is 3.08. The van der Waals surface area contributed by atoms with Gasteiger partial charge in [-0.15, -0.1) is 0 Å². The predicted octanol–water partition coefficient (Wildman–Crippen LogP) is 3.31. The van der Waals surface area contributed by atoms with Crippen molar-refractivity contribution in [3.05, 3.63) is 35.4 Å². The van der Waals surface area contributed by atoms with Crippen LogP contribution in [0.3, 0.4) is 0 Å². The van der Waals surface area contributed by atoms with Crippen LogP contribution in [0.4, 0.5) is 0 Å². The van der Waals surface area contributed by atoms with E-state index in [-0.39, 0.29) is 0 Å². The highest BCUT2D eigenvalue weighted by Crippen LogP contribution is 2.31. The van der Waals surface area contributed by atoms with Gasteiger partial charge in [0.2, 0.25) is 0 Å². The van der Waals surface area contributed by atoms with Gasteiger partial charge in [-0.1, -0.05) is 24.3 Å². The Labute approximate surface area is 117 Å². The number of hydrogen-bond acceptors (Lipinski definition) is 2. The zero-order valence-electron chi connectivity index (χ0n) is 12.1. The molecule has 2 aliphatic heterocycles. The Hall–Kier alpha value is -0.860. The van der Waals surface area contributed by atoms with E-state index in [1.807, 2.05) is 0 Å². The monoisotopic (exact) mass is 258 g/mol. The Morgan fingerprint density at radius 1 is 1.05 bits per heavy atom. The molecule has 0 saturated carbocycles. The van der Waals surface area contributed by atoms with Crippen molar-refractivity contribution < 1.29 is 0 Å². The molecule has 0 spiro atoms. The second-order valence-electron chi connectivity index (χ2n) is 6.25. The van der Waals surface area contributed by atoms with Crippen molar-refractivity contribution in [2.45, 2.75) is 44.1 Å². The topological polar surface area (TPSA) is 15.3 Å². The minimum absolute atomic E-state index is 0.605. The third-order valence-electron chi connectivity index (χ3n) is 4.80. The lowest BCUT2D eigenvalue weighted by molar-refractivity contribution is 0.347. The van der Waals surface area contributed by atoms with Crippen LogP contribution in [0.25, 0.3) is 0 Å². The third-order valence-corrected chi connectivity index (χ3v) is 4.80. The van der Waals surface area contributed by atoms with Crippen molar-refractivity contribution in [1.29, 1.82) is 0 Å². The third kappa shape index (κ3) is 3.18. The van der Waals surface area contributed by atoms with Crippen LogP contribution >= 0.6 is 0 Å². The van der Waals surface area contributed by atoms with Gasteiger partial charge in [0.25, 0.3) is 0 Å². The second kappa shape index (κ2) is 6.06. The van der Waals surface area contributed by atoms with Crippen LogP contribution in [-0.2, 0) is 0 Å². The molecule has 1 aromatic rings. The average molecular weight is 258 g/mol. The maximum absolute atomic E-state index is 3.61. The number of benzene rings is 1. The Balaban J connectivity index is 1.74. The van der Waals surface area contributed by atoms with Crippen molar-refractivity contribution in [3.8, 4) is 0 Å². The van der Waals surface area contributed by atoms with Crippen LogP contribution < -0.4 is 5.32 Å². The summed E-state index contributed by atoms with van der Waals surface area (Å²) in [7, 11) is 2.25. The molecule has 104 valence electrons. The zero-order chi connectivity index (χ0) is 13.1. The van der Waals surface area contributed by atoms with Gasteiger partial charge in [-0.3, -0.25) is 0 Å². The molecule has 2 unspecified atom stereocenters. The highest BCUT2D eigenvalue weighted by Gasteiger charge is 2.20. The molecule has 1 N–H and O–H groups in total. The van der Waals surface area contributed by atoms with Crippen LogP contribution in [-0.4, -0.2) is 31.6 Å². The average Bonchev–Trinajstić information content (AvgIpc) is 2.89. The summed E-state index contributed by atoms with van der Waals surface area (Å²) in [4.78, 5) is 2.47. The first kappa shape index (κ1) is 13.1. The van der Waals surface area contributed by atoms with Gasteiger partial charge in [0.05, 0.1) is 0 Å². The molecular weight excluding hydrogens is 232 g/mol.